The summed E-state index contributed by atoms with van der Waals surface area (Å²) in [5, 5.41) is 4.34. The second kappa shape index (κ2) is 7.83. The molecule has 2 amide bonds. The van der Waals surface area contributed by atoms with Gasteiger partial charge in [-0.3, -0.25) is 9.59 Å². The fraction of sp³-hybridized carbons (Fsp3) is 0.222. The Bertz CT molecular complexity index is 745. The van der Waals surface area contributed by atoms with Crippen molar-refractivity contribution < 1.29 is 22.8 Å². The summed E-state index contributed by atoms with van der Waals surface area (Å²) in [4.78, 5) is 23.7. The summed E-state index contributed by atoms with van der Waals surface area (Å²) in [7, 11) is 0. The molecule has 0 heterocycles. The molecule has 0 saturated carbocycles. The smallest absolute Gasteiger partial charge is 0.336 e. The van der Waals surface area contributed by atoms with Gasteiger partial charge in [0.2, 0.25) is 5.91 Å². The number of para-hydroxylation sites is 1. The molecule has 4 nitrogen and oxygen atoms in total. The van der Waals surface area contributed by atoms with Crippen molar-refractivity contribution in [1.29, 1.82) is 0 Å². The standard InChI is InChI=1S/C18H17F3N2O2/c1-12-7-5-6-10-14(12)22-16(24)15(23-17(25)18(19,20)21)11-13-8-3-2-4-9-13/h2-10,15H,11H2,1H3,(H,22,24)(H,23,25)/t15-/m1/s1. The van der Waals surface area contributed by atoms with Gasteiger partial charge >= 0.3 is 12.1 Å². The molecule has 25 heavy (non-hydrogen) atoms. The van der Waals surface area contributed by atoms with Crippen LogP contribution in [-0.2, 0) is 16.0 Å². The molecule has 0 spiro atoms. The monoisotopic (exact) mass is 350 g/mol. The van der Waals surface area contributed by atoms with E-state index in [2.05, 4.69) is 5.32 Å². The lowest BCUT2D eigenvalue weighted by molar-refractivity contribution is -0.174. The van der Waals surface area contributed by atoms with Gasteiger partial charge in [0.25, 0.3) is 0 Å². The summed E-state index contributed by atoms with van der Waals surface area (Å²) in [5.74, 6) is -2.86. The highest BCUT2D eigenvalue weighted by Gasteiger charge is 2.40. The number of anilines is 1. The second-order valence-corrected chi connectivity index (χ2v) is 5.52. The van der Waals surface area contributed by atoms with Gasteiger partial charge in [0, 0.05) is 12.1 Å². The molecule has 0 bridgehead atoms. The number of aryl methyl sites for hydroxylation is 1. The van der Waals surface area contributed by atoms with E-state index >= 15 is 0 Å². The lowest BCUT2D eigenvalue weighted by atomic mass is 10.0. The van der Waals surface area contributed by atoms with Crippen LogP contribution in [0.5, 0.6) is 0 Å². The zero-order valence-corrected chi connectivity index (χ0v) is 13.4. The number of alkyl halides is 3. The van der Waals surface area contributed by atoms with Crippen LogP contribution in [-0.4, -0.2) is 24.0 Å². The minimum atomic E-state index is -5.06. The number of carbonyl (C=O) groups excluding carboxylic acids is 2. The van der Waals surface area contributed by atoms with E-state index in [1.54, 1.807) is 66.8 Å². The van der Waals surface area contributed by atoms with Crippen LogP contribution in [0.1, 0.15) is 11.1 Å². The van der Waals surface area contributed by atoms with Gasteiger partial charge in [-0.15, -0.1) is 0 Å². The molecule has 132 valence electrons. The molecule has 2 rings (SSSR count). The van der Waals surface area contributed by atoms with Crippen molar-refractivity contribution in [3.63, 3.8) is 0 Å². The van der Waals surface area contributed by atoms with Gasteiger partial charge in [0.15, 0.2) is 0 Å². The number of rotatable bonds is 5. The number of carbonyl (C=O) groups is 2. The van der Waals surface area contributed by atoms with Crippen LogP contribution in [0.2, 0.25) is 0 Å². The lowest BCUT2D eigenvalue weighted by Gasteiger charge is -2.20. The van der Waals surface area contributed by atoms with E-state index in [-0.39, 0.29) is 6.42 Å². The van der Waals surface area contributed by atoms with Crippen LogP contribution in [0.4, 0.5) is 18.9 Å². The summed E-state index contributed by atoms with van der Waals surface area (Å²) < 4.78 is 37.7. The Hall–Kier alpha value is -2.83. The molecule has 7 heteroatoms. The van der Waals surface area contributed by atoms with Gasteiger partial charge < -0.3 is 10.6 Å². The molecule has 2 N–H and O–H groups in total. The normalized spacial score (nSPS) is 12.3. The summed E-state index contributed by atoms with van der Waals surface area (Å²) in [6.45, 7) is 1.76. The summed E-state index contributed by atoms with van der Waals surface area (Å²) in [5.41, 5.74) is 1.87. The van der Waals surface area contributed by atoms with E-state index in [9.17, 15) is 22.8 Å². The van der Waals surface area contributed by atoms with Gasteiger partial charge in [-0.25, -0.2) is 0 Å². The Morgan fingerprint density at radius 3 is 2.20 bits per heavy atom. The summed E-state index contributed by atoms with van der Waals surface area (Å²) in [6, 6.07) is 14.0. The van der Waals surface area contributed by atoms with Gasteiger partial charge in [0.05, 0.1) is 0 Å². The quantitative estimate of drug-likeness (QED) is 0.870. The van der Waals surface area contributed by atoms with Crippen molar-refractivity contribution in [3.05, 3.63) is 65.7 Å². The summed E-state index contributed by atoms with van der Waals surface area (Å²) >= 11 is 0. The number of nitrogens with one attached hydrogen (secondary N) is 2. The minimum absolute atomic E-state index is 0.0552. The van der Waals surface area contributed by atoms with Crippen molar-refractivity contribution >= 4 is 17.5 Å². The fourth-order valence-corrected chi connectivity index (χ4v) is 2.23. The number of halogens is 3. The maximum atomic E-state index is 12.6. The highest BCUT2D eigenvalue weighted by molar-refractivity contribution is 5.98. The molecule has 0 fully saturated rings. The molecule has 2 aromatic rings. The third-order valence-corrected chi connectivity index (χ3v) is 3.56. The van der Waals surface area contributed by atoms with Crippen LogP contribution in [0, 0.1) is 6.92 Å². The van der Waals surface area contributed by atoms with Crippen LogP contribution in [0.25, 0.3) is 0 Å². The van der Waals surface area contributed by atoms with E-state index in [0.717, 1.165) is 5.56 Å². The van der Waals surface area contributed by atoms with Gasteiger partial charge in [0.1, 0.15) is 6.04 Å². The first-order valence-electron chi connectivity index (χ1n) is 7.55. The molecule has 0 radical (unpaired) electrons. The Labute approximate surface area is 143 Å². The first-order valence-corrected chi connectivity index (χ1v) is 7.55. The lowest BCUT2D eigenvalue weighted by Crippen LogP contribution is -2.49. The van der Waals surface area contributed by atoms with Crippen LogP contribution in [0.15, 0.2) is 54.6 Å². The third-order valence-electron chi connectivity index (χ3n) is 3.56. The minimum Gasteiger partial charge on any atom is -0.336 e. The molecular weight excluding hydrogens is 333 g/mol. The van der Waals surface area contributed by atoms with Crippen LogP contribution in [0.3, 0.4) is 0 Å². The SMILES string of the molecule is Cc1ccccc1NC(=O)[C@@H](Cc1ccccc1)NC(=O)C(F)(F)F. The fourth-order valence-electron chi connectivity index (χ4n) is 2.23. The van der Waals surface area contributed by atoms with Crippen molar-refractivity contribution in [2.24, 2.45) is 0 Å². The van der Waals surface area contributed by atoms with Gasteiger partial charge in [-0.1, -0.05) is 48.5 Å². The predicted molar refractivity (Wildman–Crippen MR) is 87.9 cm³/mol. The zero-order valence-electron chi connectivity index (χ0n) is 13.4. The van der Waals surface area contributed by atoms with E-state index in [0.29, 0.717) is 11.3 Å². The number of hydrogen-bond donors (Lipinski definition) is 2. The Kier molecular flexibility index (Phi) is 5.80. The first-order chi connectivity index (χ1) is 11.8. The van der Waals surface area contributed by atoms with Crippen molar-refractivity contribution in [2.75, 3.05) is 5.32 Å². The molecule has 2 aromatic carbocycles. The predicted octanol–water partition coefficient (Wildman–Crippen LogP) is 3.22. The molecule has 0 unspecified atom stereocenters. The van der Waals surface area contributed by atoms with Crippen LogP contribution < -0.4 is 10.6 Å². The van der Waals surface area contributed by atoms with Crippen LogP contribution >= 0.6 is 0 Å². The Morgan fingerprint density at radius 2 is 1.60 bits per heavy atom. The van der Waals surface area contributed by atoms with Gasteiger partial charge in [-0.05, 0) is 24.1 Å². The van der Waals surface area contributed by atoms with E-state index in [1.165, 1.54) is 0 Å². The number of amides is 2. The maximum Gasteiger partial charge on any atom is 0.471 e. The van der Waals surface area contributed by atoms with E-state index < -0.39 is 24.0 Å². The maximum absolute atomic E-state index is 12.6. The zero-order chi connectivity index (χ0) is 18.4. The highest BCUT2D eigenvalue weighted by atomic mass is 19.4. The molecule has 0 aliphatic rings. The van der Waals surface area contributed by atoms with E-state index in [1.807, 2.05) is 0 Å². The molecule has 1 atom stereocenters. The molecule has 0 aromatic heterocycles. The molecule has 0 aliphatic heterocycles. The van der Waals surface area contributed by atoms with E-state index in [4.69, 9.17) is 0 Å². The Balaban J connectivity index is 2.19. The Morgan fingerprint density at radius 1 is 1.00 bits per heavy atom. The number of benzene rings is 2. The first kappa shape index (κ1) is 18.5. The average molecular weight is 350 g/mol. The molecule has 0 aliphatic carbocycles. The second-order valence-electron chi connectivity index (χ2n) is 5.52. The molecule has 0 saturated heterocycles. The number of hydrogen-bond acceptors (Lipinski definition) is 2. The van der Waals surface area contributed by atoms with Crippen molar-refractivity contribution in [2.45, 2.75) is 25.6 Å². The van der Waals surface area contributed by atoms with Crippen molar-refractivity contribution in [3.8, 4) is 0 Å². The highest BCUT2D eigenvalue weighted by Crippen LogP contribution is 2.17. The topological polar surface area (TPSA) is 58.2 Å². The van der Waals surface area contributed by atoms with Gasteiger partial charge in [-0.2, -0.15) is 13.2 Å². The summed E-state index contributed by atoms with van der Waals surface area (Å²) in [6.07, 6.45) is -5.11. The average Bonchev–Trinajstić information content (AvgIpc) is 2.56. The molecular formula is C18H17F3N2O2. The van der Waals surface area contributed by atoms with Crippen molar-refractivity contribution in [1.82, 2.24) is 5.32 Å². The largest absolute Gasteiger partial charge is 0.471 e. The third kappa shape index (κ3) is 5.34.